The molecule has 6 fully saturated rings. The van der Waals surface area contributed by atoms with Gasteiger partial charge in [-0.2, -0.15) is 0 Å². The molecule has 2 nitrogen and oxygen atoms in total. The van der Waals surface area contributed by atoms with Gasteiger partial charge in [-0.05, 0) is 90.3 Å². The minimum atomic E-state index is -0.211. The highest BCUT2D eigenvalue weighted by molar-refractivity contribution is 5.27. The van der Waals surface area contributed by atoms with Crippen LogP contribution >= 0.6 is 0 Å². The van der Waals surface area contributed by atoms with Crippen molar-refractivity contribution in [3.05, 3.63) is 0 Å². The highest BCUT2D eigenvalue weighted by Crippen LogP contribution is 2.85. The van der Waals surface area contributed by atoms with E-state index in [2.05, 4.69) is 20.8 Å². The largest absolute Gasteiger partial charge is 0.396 e. The second-order valence-corrected chi connectivity index (χ2v) is 10.7. The predicted molar refractivity (Wildman–Crippen MR) is 86.1 cm³/mol. The average molecular weight is 304 g/mol. The van der Waals surface area contributed by atoms with Crippen LogP contribution in [0.15, 0.2) is 0 Å². The van der Waals surface area contributed by atoms with Gasteiger partial charge >= 0.3 is 0 Å². The lowest BCUT2D eigenvalue weighted by molar-refractivity contribution is -0.195. The van der Waals surface area contributed by atoms with Gasteiger partial charge in [0.25, 0.3) is 0 Å². The maximum Gasteiger partial charge on any atom is 0.0551 e. The number of aliphatic hydroxyl groups excluding tert-OH is 2. The third-order valence-electron chi connectivity index (χ3n) is 9.76. The third-order valence-corrected chi connectivity index (χ3v) is 9.76. The molecular formula is C20H32O2. The molecular weight excluding hydrogens is 272 g/mol. The molecule has 0 aliphatic heterocycles. The zero-order valence-corrected chi connectivity index (χ0v) is 14.4. The van der Waals surface area contributed by atoms with E-state index in [9.17, 15) is 10.2 Å². The Kier molecular flexibility index (Phi) is 2.45. The van der Waals surface area contributed by atoms with E-state index in [0.29, 0.717) is 16.7 Å². The SMILES string of the molecule is C[C@]1(CO)C[C@@H](O)C[C@]2(C)[C@@H]1CC[C@@]13C[C@@H]4[C@@H](C[C@H]12)[C@]4(C)C3. The van der Waals surface area contributed by atoms with Crippen LogP contribution in [-0.4, -0.2) is 22.9 Å². The van der Waals surface area contributed by atoms with Gasteiger partial charge in [0.2, 0.25) is 0 Å². The molecule has 0 saturated heterocycles. The number of aliphatic hydroxyl groups is 2. The summed E-state index contributed by atoms with van der Waals surface area (Å²) in [5.41, 5.74) is 1.46. The van der Waals surface area contributed by atoms with E-state index in [1.807, 2.05) is 0 Å². The topological polar surface area (TPSA) is 40.5 Å². The first-order chi connectivity index (χ1) is 10.3. The minimum absolute atomic E-state index is 0.0680. The lowest BCUT2D eigenvalue weighted by atomic mass is 9.39. The number of hydrogen-bond acceptors (Lipinski definition) is 2. The monoisotopic (exact) mass is 304 g/mol. The van der Waals surface area contributed by atoms with Gasteiger partial charge in [-0.3, -0.25) is 0 Å². The van der Waals surface area contributed by atoms with Gasteiger partial charge in [-0.1, -0.05) is 20.8 Å². The maximum atomic E-state index is 10.6. The summed E-state index contributed by atoms with van der Waals surface area (Å²) in [6.45, 7) is 7.52. The van der Waals surface area contributed by atoms with E-state index in [-0.39, 0.29) is 23.5 Å². The highest BCUT2D eigenvalue weighted by atomic mass is 16.3. The van der Waals surface area contributed by atoms with Crippen LogP contribution in [0.5, 0.6) is 0 Å². The van der Waals surface area contributed by atoms with Crippen LogP contribution in [0.25, 0.3) is 0 Å². The highest BCUT2D eigenvalue weighted by Gasteiger charge is 2.78. The molecule has 0 aromatic rings. The Morgan fingerprint density at radius 2 is 1.73 bits per heavy atom. The molecule has 0 radical (unpaired) electrons. The molecule has 0 aromatic carbocycles. The summed E-state index contributed by atoms with van der Waals surface area (Å²) in [6.07, 6.45) is 8.61. The summed E-state index contributed by atoms with van der Waals surface area (Å²) >= 11 is 0. The van der Waals surface area contributed by atoms with Crippen molar-refractivity contribution in [2.45, 2.75) is 71.8 Å². The van der Waals surface area contributed by atoms with Crippen molar-refractivity contribution in [3.8, 4) is 0 Å². The number of rotatable bonds is 1. The zero-order chi connectivity index (χ0) is 15.5. The van der Waals surface area contributed by atoms with Crippen molar-refractivity contribution in [1.29, 1.82) is 0 Å². The van der Waals surface area contributed by atoms with E-state index >= 15 is 0 Å². The molecule has 0 unspecified atom stereocenters. The zero-order valence-electron chi connectivity index (χ0n) is 14.4. The molecule has 6 aliphatic rings. The molecule has 2 heteroatoms. The van der Waals surface area contributed by atoms with Crippen molar-refractivity contribution in [2.75, 3.05) is 6.61 Å². The van der Waals surface area contributed by atoms with Crippen molar-refractivity contribution < 1.29 is 10.2 Å². The van der Waals surface area contributed by atoms with Crippen LogP contribution in [0, 0.1) is 45.3 Å². The van der Waals surface area contributed by atoms with Crippen molar-refractivity contribution >= 4 is 0 Å². The molecule has 1 spiro atoms. The van der Waals surface area contributed by atoms with Gasteiger partial charge in [-0.15, -0.1) is 0 Å². The fourth-order valence-electron chi connectivity index (χ4n) is 9.08. The smallest absolute Gasteiger partial charge is 0.0551 e. The van der Waals surface area contributed by atoms with Crippen molar-refractivity contribution in [2.24, 2.45) is 45.3 Å². The first kappa shape index (κ1) is 14.3. The second kappa shape index (κ2) is 3.77. The summed E-state index contributed by atoms with van der Waals surface area (Å²) in [4.78, 5) is 0. The van der Waals surface area contributed by atoms with Crippen LogP contribution in [-0.2, 0) is 0 Å². The quantitative estimate of drug-likeness (QED) is 0.777. The lowest BCUT2D eigenvalue weighted by Gasteiger charge is -2.66. The van der Waals surface area contributed by atoms with Gasteiger partial charge in [0.05, 0.1) is 6.10 Å². The van der Waals surface area contributed by atoms with Crippen LogP contribution in [0.1, 0.15) is 65.7 Å². The van der Waals surface area contributed by atoms with Crippen LogP contribution in [0.3, 0.4) is 0 Å². The maximum absolute atomic E-state index is 10.6. The summed E-state index contributed by atoms with van der Waals surface area (Å²) in [5.74, 6) is 3.42. The predicted octanol–water partition coefficient (Wildman–Crippen LogP) is 3.61. The van der Waals surface area contributed by atoms with E-state index in [1.54, 1.807) is 0 Å². The summed E-state index contributed by atoms with van der Waals surface area (Å²) < 4.78 is 0. The summed E-state index contributed by atoms with van der Waals surface area (Å²) in [6, 6.07) is 0. The molecule has 6 rings (SSSR count). The second-order valence-electron chi connectivity index (χ2n) is 10.7. The van der Waals surface area contributed by atoms with E-state index in [4.69, 9.17) is 0 Å². The lowest BCUT2D eigenvalue weighted by Crippen LogP contribution is -2.60. The van der Waals surface area contributed by atoms with Crippen LogP contribution in [0.2, 0.25) is 0 Å². The fraction of sp³-hybridized carbons (Fsp3) is 1.00. The molecule has 6 saturated carbocycles. The molecule has 2 N–H and O–H groups in total. The standard InChI is InChI=1S/C20H32O2/c1-17(11-21)7-12(22)8-18(2)15(17)4-5-20-9-14-13(6-16(18)20)19(14,3)10-20/h12-16,21-22H,4-11H2,1-3H3/t12-,13-,14-,15-,16+,17-,18-,19+,20+/m1/s1. The molecule has 0 heterocycles. The molecule has 4 bridgehead atoms. The molecule has 6 aliphatic carbocycles. The van der Waals surface area contributed by atoms with Gasteiger partial charge in [0.1, 0.15) is 0 Å². The summed E-state index contributed by atoms with van der Waals surface area (Å²) in [7, 11) is 0. The number of fused-ring (bicyclic) bond motifs is 1. The molecule has 124 valence electrons. The Hall–Kier alpha value is -0.0800. The van der Waals surface area contributed by atoms with Gasteiger partial charge in [0.15, 0.2) is 0 Å². The molecule has 22 heavy (non-hydrogen) atoms. The Morgan fingerprint density at radius 1 is 0.955 bits per heavy atom. The van der Waals surface area contributed by atoms with Crippen molar-refractivity contribution in [3.63, 3.8) is 0 Å². The average Bonchev–Trinajstić information content (AvgIpc) is 2.89. The van der Waals surface area contributed by atoms with Gasteiger partial charge < -0.3 is 10.2 Å². The molecule has 0 amide bonds. The van der Waals surface area contributed by atoms with Crippen LogP contribution < -0.4 is 0 Å². The first-order valence-corrected chi connectivity index (χ1v) is 9.56. The van der Waals surface area contributed by atoms with Crippen molar-refractivity contribution in [1.82, 2.24) is 0 Å². The third kappa shape index (κ3) is 1.38. The Labute approximate surface area is 134 Å². The number of hydrogen-bond donors (Lipinski definition) is 2. The Bertz CT molecular complexity index is 532. The van der Waals surface area contributed by atoms with E-state index in [0.717, 1.165) is 30.6 Å². The first-order valence-electron chi connectivity index (χ1n) is 9.56. The molecule has 0 aromatic heterocycles. The summed E-state index contributed by atoms with van der Waals surface area (Å²) in [5, 5.41) is 20.7. The van der Waals surface area contributed by atoms with E-state index < -0.39 is 0 Å². The van der Waals surface area contributed by atoms with Gasteiger partial charge in [-0.25, -0.2) is 0 Å². The normalized spacial score (nSPS) is 68.3. The Balaban J connectivity index is 1.56. The Morgan fingerprint density at radius 3 is 2.36 bits per heavy atom. The van der Waals surface area contributed by atoms with E-state index in [1.165, 1.54) is 32.1 Å². The van der Waals surface area contributed by atoms with Crippen LogP contribution in [0.4, 0.5) is 0 Å². The minimum Gasteiger partial charge on any atom is -0.396 e. The van der Waals surface area contributed by atoms with Gasteiger partial charge in [0, 0.05) is 6.61 Å². The fourth-order valence-corrected chi connectivity index (χ4v) is 9.08. The molecule has 9 atom stereocenters.